The van der Waals surface area contributed by atoms with E-state index in [0.29, 0.717) is 109 Å². The summed E-state index contributed by atoms with van der Waals surface area (Å²) in [5, 5.41) is 116. The molecule has 1 fully saturated rings. The summed E-state index contributed by atoms with van der Waals surface area (Å²) in [4.78, 5) is 0. The minimum Gasteiger partial charge on any atom is -0.394 e. The Morgan fingerprint density at radius 2 is 0.938 bits per heavy atom. The van der Waals surface area contributed by atoms with E-state index in [1.54, 1.807) is 20.8 Å². The third-order valence-electron chi connectivity index (χ3n) is 13.5. The van der Waals surface area contributed by atoms with Crippen LogP contribution in [0.3, 0.4) is 0 Å². The molecule has 64 heavy (non-hydrogen) atoms. The molecule has 0 saturated carbocycles. The molecule has 1 rings (SSSR count). The van der Waals surface area contributed by atoms with E-state index in [4.69, 9.17) is 9.47 Å². The van der Waals surface area contributed by atoms with E-state index in [1.807, 2.05) is 40.7 Å². The van der Waals surface area contributed by atoms with Crippen LogP contribution in [0.25, 0.3) is 0 Å². The molecule has 378 valence electrons. The maximum atomic E-state index is 11.1. The lowest BCUT2D eigenvalue weighted by Crippen LogP contribution is -2.59. The zero-order valence-corrected chi connectivity index (χ0v) is 41.7. The van der Waals surface area contributed by atoms with E-state index in [2.05, 4.69) is 26.0 Å². The average molecular weight is 917 g/mol. The van der Waals surface area contributed by atoms with E-state index in [-0.39, 0.29) is 6.61 Å². The van der Waals surface area contributed by atoms with Gasteiger partial charge in [-0.1, -0.05) is 34.9 Å². The van der Waals surface area contributed by atoms with Crippen LogP contribution in [0.15, 0.2) is 34.9 Å². The molecule has 13 nitrogen and oxygen atoms in total. The van der Waals surface area contributed by atoms with Crippen LogP contribution in [0.5, 0.6) is 0 Å². The Balaban J connectivity index is 2.34. The molecule has 0 unspecified atom stereocenters. The Bertz CT molecular complexity index is 1380. The van der Waals surface area contributed by atoms with Crippen LogP contribution in [0, 0.1) is 0 Å². The minimum atomic E-state index is -1.49. The fourth-order valence-electron chi connectivity index (χ4n) is 8.61. The zero-order valence-electron chi connectivity index (χ0n) is 41.7. The molecule has 0 bridgehead atoms. The van der Waals surface area contributed by atoms with Gasteiger partial charge in [0.05, 0.1) is 52.9 Å². The summed E-state index contributed by atoms with van der Waals surface area (Å²) in [6.45, 7) is 18.4. The lowest BCUT2D eigenvalue weighted by atomic mass is 9.83. The van der Waals surface area contributed by atoms with Gasteiger partial charge in [-0.15, -0.1) is 0 Å². The summed E-state index contributed by atoms with van der Waals surface area (Å²) in [7, 11) is 0. The molecule has 1 heterocycles. The predicted octanol–water partition coefficient (Wildman–Crippen LogP) is 6.72. The lowest BCUT2D eigenvalue weighted by molar-refractivity contribution is -0.298. The van der Waals surface area contributed by atoms with Gasteiger partial charge < -0.3 is 65.6 Å². The predicted molar refractivity (Wildman–Crippen MR) is 253 cm³/mol. The number of aliphatic hydroxyl groups is 11. The molecular weight excluding hydrogens is 821 g/mol. The van der Waals surface area contributed by atoms with Crippen molar-refractivity contribution in [1.29, 1.82) is 0 Å². The molecule has 0 aliphatic carbocycles. The summed E-state index contributed by atoms with van der Waals surface area (Å²) in [5.74, 6) is 0. The fourth-order valence-corrected chi connectivity index (χ4v) is 8.61. The molecule has 0 spiro atoms. The Morgan fingerprint density at radius 1 is 0.531 bits per heavy atom. The van der Waals surface area contributed by atoms with Gasteiger partial charge in [-0.2, -0.15) is 0 Å². The van der Waals surface area contributed by atoms with Crippen molar-refractivity contribution in [2.45, 2.75) is 274 Å². The second-order valence-electron chi connectivity index (χ2n) is 21.7. The van der Waals surface area contributed by atoms with Gasteiger partial charge in [0.25, 0.3) is 0 Å². The zero-order chi connectivity index (χ0) is 49.0. The summed E-state index contributed by atoms with van der Waals surface area (Å²) >= 11 is 0. The van der Waals surface area contributed by atoms with Gasteiger partial charge in [0, 0.05) is 0 Å². The Kier molecular flexibility index (Phi) is 26.8. The Labute approximate surface area is 387 Å². The van der Waals surface area contributed by atoms with Crippen LogP contribution >= 0.6 is 0 Å². The maximum Gasteiger partial charge on any atom is 0.187 e. The van der Waals surface area contributed by atoms with Crippen molar-refractivity contribution in [2.75, 3.05) is 13.2 Å². The average Bonchev–Trinajstić information content (AvgIpc) is 3.15. The first-order chi connectivity index (χ1) is 29.4. The number of hydrogen-bond acceptors (Lipinski definition) is 13. The molecule has 11 N–H and O–H groups in total. The summed E-state index contributed by atoms with van der Waals surface area (Å²) < 4.78 is 10.9. The van der Waals surface area contributed by atoms with Gasteiger partial charge in [-0.3, -0.25) is 0 Å². The topological polar surface area (TPSA) is 241 Å². The number of ether oxygens (including phenoxy) is 2. The first-order valence-electron chi connectivity index (χ1n) is 24.3. The molecule has 0 aromatic heterocycles. The highest BCUT2D eigenvalue weighted by molar-refractivity contribution is 5.05. The van der Waals surface area contributed by atoms with Crippen LogP contribution in [0.2, 0.25) is 0 Å². The van der Waals surface area contributed by atoms with Crippen molar-refractivity contribution >= 4 is 0 Å². The monoisotopic (exact) mass is 917 g/mol. The van der Waals surface area contributed by atoms with Crippen molar-refractivity contribution in [1.82, 2.24) is 0 Å². The number of hydrogen-bond donors (Lipinski definition) is 11. The molecule has 0 amide bonds. The van der Waals surface area contributed by atoms with Crippen molar-refractivity contribution in [2.24, 2.45) is 0 Å². The van der Waals surface area contributed by atoms with Crippen LogP contribution < -0.4 is 0 Å². The maximum absolute atomic E-state index is 11.1. The van der Waals surface area contributed by atoms with Crippen molar-refractivity contribution in [3.63, 3.8) is 0 Å². The number of allylic oxidation sites excluding steroid dienone is 5. The minimum absolute atomic E-state index is 0.115. The van der Waals surface area contributed by atoms with Gasteiger partial charge in [0.2, 0.25) is 0 Å². The Morgan fingerprint density at radius 3 is 1.36 bits per heavy atom. The highest BCUT2D eigenvalue weighted by Gasteiger charge is 2.44. The molecule has 0 radical (unpaired) electrons. The first kappa shape index (κ1) is 60.7. The van der Waals surface area contributed by atoms with Crippen LogP contribution in [-0.4, -0.2) is 140 Å². The van der Waals surface area contributed by atoms with E-state index in [9.17, 15) is 56.2 Å². The van der Waals surface area contributed by atoms with E-state index in [1.165, 1.54) is 5.57 Å². The van der Waals surface area contributed by atoms with E-state index < -0.39 is 77.0 Å². The quantitative estimate of drug-likeness (QED) is 0.0301. The third-order valence-corrected chi connectivity index (χ3v) is 13.5. The van der Waals surface area contributed by atoms with Gasteiger partial charge in [0.1, 0.15) is 24.4 Å². The van der Waals surface area contributed by atoms with E-state index in [0.717, 1.165) is 36.8 Å². The normalized spacial score (nSPS) is 26.2. The SMILES string of the molecule is CC(C)=CCC[C@](C)(O)CCC[C@](C)(O)CCC[C@](C)(O)CCC[C@](C)(O)CCC[C@](C)(O)CCC[C@@](C)(O)[C@@H](O)CC/C(C)=C/CC/C(C)=C/CO[C@@H]1O[C@H](CO)[C@@H](O)[C@H](O)[C@H]1O. The highest BCUT2D eigenvalue weighted by atomic mass is 16.7. The second-order valence-corrected chi connectivity index (χ2v) is 21.7. The molecule has 1 aliphatic heterocycles. The Hall–Kier alpha value is -1.30. The third kappa shape index (κ3) is 26.3. The van der Waals surface area contributed by atoms with Crippen molar-refractivity contribution in [3.05, 3.63) is 34.9 Å². The molecule has 12 atom stereocenters. The van der Waals surface area contributed by atoms with Gasteiger partial charge in [-0.25, -0.2) is 0 Å². The summed E-state index contributed by atoms with van der Waals surface area (Å²) in [6, 6.07) is 0. The van der Waals surface area contributed by atoms with Crippen LogP contribution in [-0.2, 0) is 9.47 Å². The van der Waals surface area contributed by atoms with E-state index >= 15 is 0 Å². The summed E-state index contributed by atoms with van der Waals surface area (Å²) in [5.41, 5.74) is -2.38. The first-order valence-corrected chi connectivity index (χ1v) is 24.3. The van der Waals surface area contributed by atoms with Crippen molar-refractivity contribution < 1.29 is 65.6 Å². The highest BCUT2D eigenvalue weighted by Crippen LogP contribution is 2.32. The molecule has 0 aromatic carbocycles. The molecular formula is C51H96O13. The van der Waals surface area contributed by atoms with Crippen LogP contribution in [0.4, 0.5) is 0 Å². The van der Waals surface area contributed by atoms with Gasteiger partial charge >= 0.3 is 0 Å². The lowest BCUT2D eigenvalue weighted by Gasteiger charge is -2.39. The number of aliphatic hydroxyl groups excluding tert-OH is 5. The smallest absolute Gasteiger partial charge is 0.187 e. The standard InChI is InChI=1S/C51H96O13/c1-37(2)18-12-24-46(5,57)25-13-26-47(6,58)27-14-28-48(7,59)29-15-30-49(8,60)31-16-32-50(9,61)33-17-34-51(10,62)41(53)22-21-38(3)19-11-20-39(4)23-35-63-45-44(56)43(55)42(54)40(36-52)64-45/h18-19,23,40-45,52-62H,11-17,20-22,24-36H2,1-10H3/b38-19+,39-23+/t40-,41+,42-,43+,44-,45-,46+,47+,48+,49+,50+,51-/m1/s1. The van der Waals surface area contributed by atoms with Gasteiger partial charge in [-0.05, 0) is 204 Å². The number of rotatable bonds is 34. The van der Waals surface area contributed by atoms with Crippen molar-refractivity contribution in [3.8, 4) is 0 Å². The summed E-state index contributed by atoms with van der Waals surface area (Å²) in [6.07, 6.45) is 11.0. The second kappa shape index (κ2) is 28.3. The molecule has 13 heteroatoms. The molecule has 1 aliphatic rings. The molecule has 1 saturated heterocycles. The van der Waals surface area contributed by atoms with Crippen LogP contribution in [0.1, 0.15) is 204 Å². The fraction of sp³-hybridized carbons (Fsp3) is 0.882. The molecule has 0 aromatic rings. The largest absolute Gasteiger partial charge is 0.394 e. The van der Waals surface area contributed by atoms with Gasteiger partial charge in [0.15, 0.2) is 6.29 Å².